The molecular formula is C22H26N4O5. The number of fused-ring (bicyclic) bond motifs is 1. The number of hydrogen-bond acceptors (Lipinski definition) is 5. The third kappa shape index (κ3) is 4.37. The number of aryl methyl sites for hydroxylation is 2. The van der Waals surface area contributed by atoms with E-state index in [1.807, 2.05) is 25.1 Å². The van der Waals surface area contributed by atoms with Gasteiger partial charge in [0.05, 0.1) is 24.8 Å². The number of aromatic amines is 1. The molecule has 31 heavy (non-hydrogen) atoms. The molecule has 9 nitrogen and oxygen atoms in total. The molecule has 2 aromatic rings. The average molecular weight is 426 g/mol. The Morgan fingerprint density at radius 2 is 2.00 bits per heavy atom. The molecule has 3 rings (SSSR count). The fourth-order valence-corrected chi connectivity index (χ4v) is 3.51. The maximum Gasteiger partial charge on any atom is 0.276 e. The number of carbonyl (C=O) groups is 3. The summed E-state index contributed by atoms with van der Waals surface area (Å²) in [6.07, 6.45) is 0.294. The average Bonchev–Trinajstić information content (AvgIpc) is 3.19. The second kappa shape index (κ2) is 8.75. The topological polar surface area (TPSA) is 124 Å². The standard InChI is InChI=1S/C22H26N4O5/c1-11-6-7-16-14(8-11)15(20(28)25-16)9-17-12(2)19(13(3)24-17)21(29)23-10-18(27)22(30)26(4)31-5/h6-9,18,24,27H,10H2,1-5H3,(H,23,29)(H,25,28)/b15-9-. The van der Waals surface area contributed by atoms with Crippen molar-refractivity contribution in [2.24, 2.45) is 0 Å². The van der Waals surface area contributed by atoms with E-state index in [0.717, 1.165) is 21.9 Å². The Morgan fingerprint density at radius 3 is 2.68 bits per heavy atom. The largest absolute Gasteiger partial charge is 0.381 e. The number of aliphatic hydroxyl groups is 1. The van der Waals surface area contributed by atoms with Crippen LogP contribution in [0.1, 0.15) is 38.4 Å². The van der Waals surface area contributed by atoms with Crippen LogP contribution in [0.15, 0.2) is 18.2 Å². The van der Waals surface area contributed by atoms with Crippen LogP contribution in [-0.2, 0) is 14.4 Å². The van der Waals surface area contributed by atoms with E-state index in [-0.39, 0.29) is 12.5 Å². The third-order valence-electron chi connectivity index (χ3n) is 5.28. The Morgan fingerprint density at radius 1 is 1.29 bits per heavy atom. The van der Waals surface area contributed by atoms with Crippen LogP contribution in [0, 0.1) is 20.8 Å². The number of rotatable bonds is 6. The van der Waals surface area contributed by atoms with Gasteiger partial charge in [0, 0.05) is 29.7 Å². The highest BCUT2D eigenvalue weighted by molar-refractivity contribution is 6.35. The first kappa shape index (κ1) is 22.3. The number of amides is 3. The van der Waals surface area contributed by atoms with Crippen molar-refractivity contribution in [3.05, 3.63) is 51.8 Å². The number of hydrogen-bond donors (Lipinski definition) is 4. The molecule has 4 N–H and O–H groups in total. The van der Waals surface area contributed by atoms with Gasteiger partial charge in [-0.05, 0) is 44.5 Å². The number of aliphatic hydroxyl groups excluding tert-OH is 1. The summed E-state index contributed by atoms with van der Waals surface area (Å²) in [6.45, 7) is 5.21. The van der Waals surface area contributed by atoms with Gasteiger partial charge in [-0.1, -0.05) is 11.6 Å². The highest BCUT2D eigenvalue weighted by Crippen LogP contribution is 2.34. The second-order valence-corrected chi connectivity index (χ2v) is 7.47. The Balaban J connectivity index is 1.83. The lowest BCUT2D eigenvalue weighted by Crippen LogP contribution is -2.43. The molecule has 1 aliphatic heterocycles. The van der Waals surface area contributed by atoms with Crippen molar-refractivity contribution in [3.63, 3.8) is 0 Å². The number of benzene rings is 1. The van der Waals surface area contributed by atoms with Crippen molar-refractivity contribution in [1.82, 2.24) is 15.4 Å². The number of hydroxylamine groups is 2. The number of H-pyrrole nitrogens is 1. The first-order valence-corrected chi connectivity index (χ1v) is 9.75. The summed E-state index contributed by atoms with van der Waals surface area (Å²) in [5.74, 6) is -1.31. The smallest absolute Gasteiger partial charge is 0.276 e. The summed E-state index contributed by atoms with van der Waals surface area (Å²) in [6, 6.07) is 5.73. The highest BCUT2D eigenvalue weighted by atomic mass is 16.7. The van der Waals surface area contributed by atoms with E-state index in [9.17, 15) is 19.5 Å². The molecule has 2 heterocycles. The van der Waals surface area contributed by atoms with Crippen molar-refractivity contribution in [3.8, 4) is 0 Å². The van der Waals surface area contributed by atoms with Gasteiger partial charge >= 0.3 is 0 Å². The van der Waals surface area contributed by atoms with Crippen molar-refractivity contribution < 1.29 is 24.3 Å². The highest BCUT2D eigenvalue weighted by Gasteiger charge is 2.26. The SMILES string of the molecule is CON(C)C(=O)C(O)CNC(=O)c1c(C)[nH]c(/C=C2\C(=O)Nc3ccc(C)cc32)c1C. The number of nitrogens with zero attached hydrogens (tertiary/aromatic N) is 1. The van der Waals surface area contributed by atoms with Gasteiger partial charge in [-0.2, -0.15) is 0 Å². The van der Waals surface area contributed by atoms with Crippen molar-refractivity contribution in [1.29, 1.82) is 0 Å². The predicted molar refractivity (Wildman–Crippen MR) is 116 cm³/mol. The van der Waals surface area contributed by atoms with Gasteiger partial charge in [0.15, 0.2) is 6.10 Å². The Labute approximate surface area is 180 Å². The third-order valence-corrected chi connectivity index (χ3v) is 5.28. The Bertz CT molecular complexity index is 1090. The molecule has 1 unspecified atom stereocenters. The number of carbonyl (C=O) groups excluding carboxylic acids is 3. The predicted octanol–water partition coefficient (Wildman–Crippen LogP) is 1.54. The van der Waals surface area contributed by atoms with Crippen molar-refractivity contribution in [2.45, 2.75) is 26.9 Å². The molecule has 0 spiro atoms. The zero-order valence-electron chi connectivity index (χ0n) is 18.1. The van der Waals surface area contributed by atoms with Gasteiger partial charge in [-0.3, -0.25) is 19.2 Å². The van der Waals surface area contributed by atoms with E-state index in [1.54, 1.807) is 19.9 Å². The van der Waals surface area contributed by atoms with Crippen LogP contribution >= 0.6 is 0 Å². The first-order valence-electron chi connectivity index (χ1n) is 9.75. The minimum absolute atomic E-state index is 0.206. The monoisotopic (exact) mass is 426 g/mol. The van der Waals surface area contributed by atoms with E-state index < -0.39 is 17.9 Å². The van der Waals surface area contributed by atoms with Crippen LogP contribution in [0.25, 0.3) is 11.6 Å². The van der Waals surface area contributed by atoms with Crippen LogP contribution < -0.4 is 10.6 Å². The fraction of sp³-hybridized carbons (Fsp3) is 0.318. The molecule has 9 heteroatoms. The summed E-state index contributed by atoms with van der Waals surface area (Å²) in [4.78, 5) is 44.9. The van der Waals surface area contributed by atoms with Crippen LogP contribution in [0.5, 0.6) is 0 Å². The lowest BCUT2D eigenvalue weighted by Gasteiger charge is -2.18. The van der Waals surface area contributed by atoms with Crippen molar-refractivity contribution >= 4 is 35.1 Å². The van der Waals surface area contributed by atoms with Crippen LogP contribution in [0.4, 0.5) is 5.69 Å². The zero-order chi connectivity index (χ0) is 22.9. The summed E-state index contributed by atoms with van der Waals surface area (Å²) >= 11 is 0. The molecule has 1 aromatic heterocycles. The van der Waals surface area contributed by atoms with Gasteiger partial charge in [0.1, 0.15) is 0 Å². The maximum absolute atomic E-state index is 12.7. The van der Waals surface area contributed by atoms with Gasteiger partial charge in [0.2, 0.25) is 0 Å². The molecule has 1 aromatic carbocycles. The molecular weight excluding hydrogens is 400 g/mol. The van der Waals surface area contributed by atoms with Crippen LogP contribution in [-0.4, -0.2) is 59.7 Å². The van der Waals surface area contributed by atoms with Gasteiger partial charge in [-0.15, -0.1) is 0 Å². The minimum atomic E-state index is -1.43. The van der Waals surface area contributed by atoms with E-state index in [4.69, 9.17) is 4.84 Å². The molecule has 0 fully saturated rings. The lowest BCUT2D eigenvalue weighted by molar-refractivity contribution is -0.177. The maximum atomic E-state index is 12.7. The molecule has 1 aliphatic rings. The number of anilines is 1. The molecule has 0 saturated heterocycles. The van der Waals surface area contributed by atoms with Gasteiger partial charge in [-0.25, -0.2) is 5.06 Å². The second-order valence-electron chi connectivity index (χ2n) is 7.47. The zero-order valence-corrected chi connectivity index (χ0v) is 18.1. The Hall–Kier alpha value is -3.43. The van der Waals surface area contributed by atoms with E-state index in [2.05, 4.69) is 15.6 Å². The minimum Gasteiger partial charge on any atom is -0.381 e. The summed E-state index contributed by atoms with van der Waals surface area (Å²) < 4.78 is 0. The molecule has 0 radical (unpaired) electrons. The Kier molecular flexibility index (Phi) is 6.28. The van der Waals surface area contributed by atoms with Gasteiger partial charge < -0.3 is 20.7 Å². The summed E-state index contributed by atoms with van der Waals surface area (Å²) in [5.41, 5.74) is 5.41. The molecule has 0 bridgehead atoms. The van der Waals surface area contributed by atoms with Crippen molar-refractivity contribution in [2.75, 3.05) is 26.0 Å². The summed E-state index contributed by atoms with van der Waals surface area (Å²) in [7, 11) is 2.67. The molecule has 0 aliphatic carbocycles. The lowest BCUT2D eigenvalue weighted by atomic mass is 10.0. The van der Waals surface area contributed by atoms with E-state index >= 15 is 0 Å². The van der Waals surface area contributed by atoms with E-state index in [1.165, 1.54) is 14.2 Å². The first-order chi connectivity index (χ1) is 14.6. The fourth-order valence-electron chi connectivity index (χ4n) is 3.51. The number of aromatic nitrogens is 1. The number of nitrogens with one attached hydrogen (secondary N) is 3. The quantitative estimate of drug-likeness (QED) is 0.412. The molecule has 1 atom stereocenters. The van der Waals surface area contributed by atoms with Crippen LogP contribution in [0.3, 0.4) is 0 Å². The summed E-state index contributed by atoms with van der Waals surface area (Å²) in [5, 5.41) is 16.2. The molecule has 164 valence electrons. The van der Waals surface area contributed by atoms with Gasteiger partial charge in [0.25, 0.3) is 17.7 Å². The number of likely N-dealkylation sites (N-methyl/N-ethyl adjacent to an activating group) is 1. The van der Waals surface area contributed by atoms with Crippen LogP contribution in [0.2, 0.25) is 0 Å². The molecule has 0 saturated carbocycles. The molecule has 3 amide bonds. The van der Waals surface area contributed by atoms with E-state index in [0.29, 0.717) is 28.1 Å². The normalized spacial score (nSPS) is 14.9.